The van der Waals surface area contributed by atoms with Crippen LogP contribution in [0.3, 0.4) is 0 Å². The summed E-state index contributed by atoms with van der Waals surface area (Å²) < 4.78 is 16.3. The van der Waals surface area contributed by atoms with E-state index in [0.717, 1.165) is 27.0 Å². The quantitative estimate of drug-likeness (QED) is 0.457. The third-order valence-corrected chi connectivity index (χ3v) is 5.41. The lowest BCUT2D eigenvalue weighted by Crippen LogP contribution is -2.07. The summed E-state index contributed by atoms with van der Waals surface area (Å²) in [5.74, 6) is 0.993. The Labute approximate surface area is 165 Å². The third-order valence-electron chi connectivity index (χ3n) is 4.52. The van der Waals surface area contributed by atoms with Gasteiger partial charge in [0.05, 0.1) is 21.7 Å². The SMILES string of the molecule is O=C(OCc1ccc2c(c1)OCO2)c1cc(-c2cccs2)nc2ccccc12. The number of hydrogen-bond acceptors (Lipinski definition) is 6. The molecule has 28 heavy (non-hydrogen) atoms. The molecule has 5 rings (SSSR count). The molecule has 0 fully saturated rings. The number of benzene rings is 2. The first-order chi connectivity index (χ1) is 13.8. The average Bonchev–Trinajstić information content (AvgIpc) is 3.42. The predicted molar refractivity (Wildman–Crippen MR) is 107 cm³/mol. The van der Waals surface area contributed by atoms with Gasteiger partial charge in [-0.25, -0.2) is 9.78 Å². The number of esters is 1. The van der Waals surface area contributed by atoms with Gasteiger partial charge in [-0.15, -0.1) is 11.3 Å². The lowest BCUT2D eigenvalue weighted by molar-refractivity contribution is 0.0474. The second-order valence-corrected chi connectivity index (χ2v) is 7.26. The van der Waals surface area contributed by atoms with E-state index < -0.39 is 0 Å². The van der Waals surface area contributed by atoms with Crippen molar-refractivity contribution in [3.05, 3.63) is 77.2 Å². The topological polar surface area (TPSA) is 57.7 Å². The van der Waals surface area contributed by atoms with Crippen LogP contribution in [0.25, 0.3) is 21.5 Å². The van der Waals surface area contributed by atoms with E-state index >= 15 is 0 Å². The van der Waals surface area contributed by atoms with Gasteiger partial charge in [0.2, 0.25) is 6.79 Å². The highest BCUT2D eigenvalue weighted by atomic mass is 32.1. The number of para-hydroxylation sites is 1. The number of pyridine rings is 1. The zero-order valence-electron chi connectivity index (χ0n) is 14.8. The minimum absolute atomic E-state index is 0.153. The van der Waals surface area contributed by atoms with Crippen molar-refractivity contribution in [1.29, 1.82) is 0 Å². The van der Waals surface area contributed by atoms with E-state index in [1.54, 1.807) is 17.4 Å². The summed E-state index contributed by atoms with van der Waals surface area (Å²) in [7, 11) is 0. The van der Waals surface area contributed by atoms with Crippen molar-refractivity contribution in [1.82, 2.24) is 4.98 Å². The van der Waals surface area contributed by atoms with Gasteiger partial charge in [0, 0.05) is 5.39 Å². The Morgan fingerprint density at radius 3 is 2.82 bits per heavy atom. The van der Waals surface area contributed by atoms with Crippen LogP contribution in [-0.2, 0) is 11.3 Å². The summed E-state index contributed by atoms with van der Waals surface area (Å²) in [6.07, 6.45) is 0. The number of fused-ring (bicyclic) bond motifs is 2. The fraction of sp³-hybridized carbons (Fsp3) is 0.0909. The molecule has 0 radical (unpaired) electrons. The number of hydrogen-bond donors (Lipinski definition) is 0. The van der Waals surface area contributed by atoms with Crippen LogP contribution in [0.1, 0.15) is 15.9 Å². The van der Waals surface area contributed by atoms with Crippen LogP contribution >= 0.6 is 11.3 Å². The average molecular weight is 389 g/mol. The van der Waals surface area contributed by atoms with E-state index in [1.807, 2.05) is 60.0 Å². The first kappa shape index (κ1) is 16.8. The lowest BCUT2D eigenvalue weighted by atomic mass is 10.1. The Morgan fingerprint density at radius 1 is 1.04 bits per heavy atom. The largest absolute Gasteiger partial charge is 0.457 e. The summed E-state index contributed by atoms with van der Waals surface area (Å²) in [5, 5.41) is 2.77. The number of carbonyl (C=O) groups is 1. The molecule has 4 aromatic rings. The van der Waals surface area contributed by atoms with Gasteiger partial charge in [0.1, 0.15) is 6.61 Å². The van der Waals surface area contributed by atoms with Crippen LogP contribution in [0, 0.1) is 0 Å². The second kappa shape index (κ2) is 6.98. The van der Waals surface area contributed by atoms with Gasteiger partial charge in [-0.05, 0) is 41.3 Å². The molecule has 0 atom stereocenters. The number of aromatic nitrogens is 1. The number of carbonyl (C=O) groups excluding carboxylic acids is 1. The number of thiophene rings is 1. The predicted octanol–water partition coefficient (Wildman–Crippen LogP) is 5.05. The van der Waals surface area contributed by atoms with Crippen molar-refractivity contribution in [2.75, 3.05) is 6.79 Å². The van der Waals surface area contributed by atoms with Crippen LogP contribution in [0.5, 0.6) is 11.5 Å². The second-order valence-electron chi connectivity index (χ2n) is 6.31. The summed E-state index contributed by atoms with van der Waals surface area (Å²) in [6.45, 7) is 0.369. The molecule has 0 aliphatic carbocycles. The molecule has 0 saturated carbocycles. The molecule has 0 unspecified atom stereocenters. The maximum Gasteiger partial charge on any atom is 0.339 e. The van der Waals surface area contributed by atoms with E-state index in [9.17, 15) is 4.79 Å². The molecule has 2 aromatic carbocycles. The molecule has 0 bridgehead atoms. The normalized spacial score (nSPS) is 12.3. The minimum Gasteiger partial charge on any atom is -0.457 e. The highest BCUT2D eigenvalue weighted by molar-refractivity contribution is 7.13. The molecule has 138 valence electrons. The smallest absolute Gasteiger partial charge is 0.339 e. The van der Waals surface area contributed by atoms with Gasteiger partial charge >= 0.3 is 5.97 Å². The molecule has 0 N–H and O–H groups in total. The van der Waals surface area contributed by atoms with Crippen molar-refractivity contribution in [2.24, 2.45) is 0 Å². The summed E-state index contributed by atoms with van der Waals surface area (Å²) >= 11 is 1.59. The molecule has 1 aliphatic rings. The van der Waals surface area contributed by atoms with E-state index in [-0.39, 0.29) is 19.4 Å². The zero-order valence-corrected chi connectivity index (χ0v) is 15.6. The summed E-state index contributed by atoms with van der Waals surface area (Å²) in [6, 6.07) is 18.9. The van der Waals surface area contributed by atoms with E-state index in [1.165, 1.54) is 0 Å². The minimum atomic E-state index is -0.380. The van der Waals surface area contributed by atoms with Gasteiger partial charge in [-0.2, -0.15) is 0 Å². The van der Waals surface area contributed by atoms with Crippen molar-refractivity contribution < 1.29 is 19.0 Å². The van der Waals surface area contributed by atoms with Crippen molar-refractivity contribution in [3.63, 3.8) is 0 Å². The molecule has 6 heteroatoms. The molecular formula is C22H15NO4S. The van der Waals surface area contributed by atoms with Gasteiger partial charge in [-0.1, -0.05) is 30.3 Å². The van der Waals surface area contributed by atoms with Crippen LogP contribution < -0.4 is 9.47 Å². The number of rotatable bonds is 4. The first-order valence-corrected chi connectivity index (χ1v) is 9.65. The van der Waals surface area contributed by atoms with Gasteiger partial charge in [0.25, 0.3) is 0 Å². The highest BCUT2D eigenvalue weighted by Gasteiger charge is 2.17. The Balaban J connectivity index is 1.45. The Kier molecular flexibility index (Phi) is 4.18. The standard InChI is InChI=1S/C22H15NO4S/c24-22(25-12-14-7-8-19-20(10-14)27-13-26-19)16-11-18(21-6-3-9-28-21)23-17-5-2-1-4-15(16)17/h1-11H,12-13H2. The third kappa shape index (κ3) is 3.08. The molecule has 3 heterocycles. The van der Waals surface area contributed by atoms with Gasteiger partial charge in [-0.3, -0.25) is 0 Å². The zero-order chi connectivity index (χ0) is 18.9. The maximum absolute atomic E-state index is 12.9. The first-order valence-electron chi connectivity index (χ1n) is 8.77. The van der Waals surface area contributed by atoms with E-state index in [2.05, 4.69) is 0 Å². The van der Waals surface area contributed by atoms with Crippen molar-refractivity contribution >= 4 is 28.2 Å². The lowest BCUT2D eigenvalue weighted by Gasteiger charge is -2.10. The summed E-state index contributed by atoms with van der Waals surface area (Å²) in [5.41, 5.74) is 2.89. The highest BCUT2D eigenvalue weighted by Crippen LogP contribution is 2.33. The van der Waals surface area contributed by atoms with E-state index in [4.69, 9.17) is 19.2 Å². The fourth-order valence-electron chi connectivity index (χ4n) is 3.15. The van der Waals surface area contributed by atoms with Crippen molar-refractivity contribution in [3.8, 4) is 22.1 Å². The Hall–Kier alpha value is -3.38. The number of nitrogens with zero attached hydrogens (tertiary/aromatic N) is 1. The molecule has 1 aliphatic heterocycles. The van der Waals surface area contributed by atoms with Gasteiger partial charge < -0.3 is 14.2 Å². The monoisotopic (exact) mass is 389 g/mol. The maximum atomic E-state index is 12.9. The van der Waals surface area contributed by atoms with Crippen LogP contribution in [0.2, 0.25) is 0 Å². The Bertz CT molecular complexity index is 1170. The van der Waals surface area contributed by atoms with Crippen LogP contribution in [-0.4, -0.2) is 17.7 Å². The Morgan fingerprint density at radius 2 is 1.93 bits per heavy atom. The molecule has 5 nitrogen and oxygen atoms in total. The summed E-state index contributed by atoms with van der Waals surface area (Å²) in [4.78, 5) is 18.6. The number of ether oxygens (including phenoxy) is 3. The van der Waals surface area contributed by atoms with E-state index in [0.29, 0.717) is 17.1 Å². The molecule has 2 aromatic heterocycles. The molecule has 0 amide bonds. The van der Waals surface area contributed by atoms with Crippen molar-refractivity contribution in [2.45, 2.75) is 6.61 Å². The molecular weight excluding hydrogens is 374 g/mol. The van der Waals surface area contributed by atoms with Crippen LogP contribution in [0.4, 0.5) is 0 Å². The molecule has 0 spiro atoms. The fourth-order valence-corrected chi connectivity index (χ4v) is 3.84. The van der Waals surface area contributed by atoms with Crippen LogP contribution in [0.15, 0.2) is 66.0 Å². The molecule has 0 saturated heterocycles. The van der Waals surface area contributed by atoms with Gasteiger partial charge in [0.15, 0.2) is 11.5 Å².